The second-order valence-electron chi connectivity index (χ2n) is 4.60. The van der Waals surface area contributed by atoms with Crippen LogP contribution < -0.4 is 11.5 Å². The summed E-state index contributed by atoms with van der Waals surface area (Å²) in [5.74, 6) is -0.472. The molecule has 0 bridgehead atoms. The van der Waals surface area contributed by atoms with Crippen molar-refractivity contribution in [1.82, 2.24) is 0 Å². The minimum absolute atomic E-state index is 0.188. The summed E-state index contributed by atoms with van der Waals surface area (Å²) in [5.41, 5.74) is 12.1. The SMILES string of the molecule is NC(=O)c1cc([N+](=O)[O-])cc(N)c1C1CCCC1. The smallest absolute Gasteiger partial charge is 0.272 e. The van der Waals surface area contributed by atoms with Crippen LogP contribution in [0.25, 0.3) is 0 Å². The molecule has 0 saturated heterocycles. The first-order chi connectivity index (χ1) is 8.50. The molecule has 0 aliphatic heterocycles. The molecule has 0 radical (unpaired) electrons. The molecule has 6 heteroatoms. The molecule has 0 heterocycles. The number of benzene rings is 1. The second kappa shape index (κ2) is 4.64. The maximum absolute atomic E-state index is 11.4. The number of nitrogen functional groups attached to an aromatic ring is 1. The van der Waals surface area contributed by atoms with Gasteiger partial charge in [0.1, 0.15) is 0 Å². The maximum Gasteiger partial charge on any atom is 0.272 e. The number of amides is 1. The van der Waals surface area contributed by atoms with Gasteiger partial charge < -0.3 is 11.5 Å². The van der Waals surface area contributed by atoms with Crippen LogP contribution in [-0.4, -0.2) is 10.8 Å². The summed E-state index contributed by atoms with van der Waals surface area (Å²) >= 11 is 0. The van der Waals surface area contributed by atoms with E-state index in [9.17, 15) is 14.9 Å². The molecular weight excluding hydrogens is 234 g/mol. The average Bonchev–Trinajstić information content (AvgIpc) is 2.80. The van der Waals surface area contributed by atoms with Gasteiger partial charge >= 0.3 is 0 Å². The number of primary amides is 1. The summed E-state index contributed by atoms with van der Waals surface area (Å²) in [5, 5.41) is 10.8. The van der Waals surface area contributed by atoms with E-state index in [1.165, 1.54) is 12.1 Å². The summed E-state index contributed by atoms with van der Waals surface area (Å²) < 4.78 is 0. The number of nitrogens with zero attached hydrogens (tertiary/aromatic N) is 1. The Labute approximate surface area is 104 Å². The summed E-state index contributed by atoms with van der Waals surface area (Å²) in [4.78, 5) is 21.6. The predicted molar refractivity (Wildman–Crippen MR) is 67.2 cm³/mol. The van der Waals surface area contributed by atoms with Crippen LogP contribution in [0.4, 0.5) is 11.4 Å². The minimum atomic E-state index is -0.660. The molecule has 4 N–H and O–H groups in total. The van der Waals surface area contributed by atoms with E-state index >= 15 is 0 Å². The third-order valence-electron chi connectivity index (χ3n) is 3.44. The summed E-state index contributed by atoms with van der Waals surface area (Å²) in [7, 11) is 0. The van der Waals surface area contributed by atoms with Gasteiger partial charge in [-0.05, 0) is 24.3 Å². The van der Waals surface area contributed by atoms with Gasteiger partial charge in [0.2, 0.25) is 5.91 Å². The number of nitrogens with two attached hydrogens (primary N) is 2. The number of nitro benzene ring substituents is 1. The molecule has 0 atom stereocenters. The van der Waals surface area contributed by atoms with Gasteiger partial charge in [-0.25, -0.2) is 0 Å². The third-order valence-corrected chi connectivity index (χ3v) is 3.44. The predicted octanol–water partition coefficient (Wildman–Crippen LogP) is 1.93. The maximum atomic E-state index is 11.4. The third kappa shape index (κ3) is 2.13. The largest absolute Gasteiger partial charge is 0.398 e. The van der Waals surface area contributed by atoms with Crippen LogP contribution in [0.1, 0.15) is 47.5 Å². The van der Waals surface area contributed by atoms with Crippen molar-refractivity contribution in [2.45, 2.75) is 31.6 Å². The van der Waals surface area contributed by atoms with Crippen molar-refractivity contribution < 1.29 is 9.72 Å². The standard InChI is InChI=1S/C12H15N3O3/c13-10-6-8(15(17)18)5-9(12(14)16)11(10)7-3-1-2-4-7/h5-7H,1-4,13H2,(H2,14,16). The molecule has 1 aliphatic carbocycles. The average molecular weight is 249 g/mol. The zero-order valence-electron chi connectivity index (χ0n) is 9.89. The number of non-ortho nitro benzene ring substituents is 1. The van der Waals surface area contributed by atoms with E-state index in [2.05, 4.69) is 0 Å². The van der Waals surface area contributed by atoms with Crippen molar-refractivity contribution in [3.05, 3.63) is 33.4 Å². The summed E-state index contributed by atoms with van der Waals surface area (Å²) in [6, 6.07) is 2.53. The molecule has 1 amide bonds. The van der Waals surface area contributed by atoms with Crippen LogP contribution in [0, 0.1) is 10.1 Å². The Morgan fingerprint density at radius 2 is 1.94 bits per heavy atom. The van der Waals surface area contributed by atoms with Crippen molar-refractivity contribution >= 4 is 17.3 Å². The van der Waals surface area contributed by atoms with Crippen LogP contribution >= 0.6 is 0 Å². The first-order valence-corrected chi connectivity index (χ1v) is 5.88. The van der Waals surface area contributed by atoms with E-state index in [0.717, 1.165) is 25.7 Å². The minimum Gasteiger partial charge on any atom is -0.398 e. The van der Waals surface area contributed by atoms with Gasteiger partial charge in [0.15, 0.2) is 0 Å². The lowest BCUT2D eigenvalue weighted by atomic mass is 9.90. The number of carbonyl (C=O) groups is 1. The number of rotatable bonds is 3. The van der Waals surface area contributed by atoms with Crippen molar-refractivity contribution in [3.8, 4) is 0 Å². The fraction of sp³-hybridized carbons (Fsp3) is 0.417. The normalized spacial score (nSPS) is 15.8. The second-order valence-corrected chi connectivity index (χ2v) is 4.60. The lowest BCUT2D eigenvalue weighted by molar-refractivity contribution is -0.384. The van der Waals surface area contributed by atoms with Crippen molar-refractivity contribution in [2.24, 2.45) is 5.73 Å². The highest BCUT2D eigenvalue weighted by molar-refractivity contribution is 5.97. The Balaban J connectivity index is 2.56. The lowest BCUT2D eigenvalue weighted by Gasteiger charge is -2.16. The van der Waals surface area contributed by atoms with Crippen LogP contribution in [0.3, 0.4) is 0 Å². The van der Waals surface area contributed by atoms with Gasteiger partial charge in [0.05, 0.1) is 10.5 Å². The van der Waals surface area contributed by atoms with Gasteiger partial charge in [0.25, 0.3) is 5.69 Å². The number of carbonyl (C=O) groups excluding carboxylic acids is 1. The molecule has 18 heavy (non-hydrogen) atoms. The molecule has 1 saturated carbocycles. The van der Waals surface area contributed by atoms with Crippen LogP contribution in [0.2, 0.25) is 0 Å². The number of anilines is 1. The van der Waals surface area contributed by atoms with Crippen molar-refractivity contribution in [3.63, 3.8) is 0 Å². The molecule has 2 rings (SSSR count). The Kier molecular flexibility index (Phi) is 3.18. The van der Waals surface area contributed by atoms with Gasteiger partial charge in [-0.2, -0.15) is 0 Å². The summed E-state index contributed by atoms with van der Waals surface area (Å²) in [6.45, 7) is 0. The van der Waals surface area contributed by atoms with Gasteiger partial charge in [0, 0.05) is 17.8 Å². The van der Waals surface area contributed by atoms with E-state index in [1.54, 1.807) is 0 Å². The molecular formula is C12H15N3O3. The van der Waals surface area contributed by atoms with Crippen molar-refractivity contribution in [2.75, 3.05) is 5.73 Å². The highest BCUT2D eigenvalue weighted by Crippen LogP contribution is 2.40. The first kappa shape index (κ1) is 12.3. The highest BCUT2D eigenvalue weighted by atomic mass is 16.6. The van der Waals surface area contributed by atoms with E-state index in [4.69, 9.17) is 11.5 Å². The fourth-order valence-corrected chi connectivity index (χ4v) is 2.64. The molecule has 1 fully saturated rings. The molecule has 0 unspecified atom stereocenters. The quantitative estimate of drug-likeness (QED) is 0.484. The summed E-state index contributed by atoms with van der Waals surface area (Å²) in [6.07, 6.45) is 4.06. The molecule has 0 spiro atoms. The van der Waals surface area contributed by atoms with Gasteiger partial charge in [-0.3, -0.25) is 14.9 Å². The molecule has 96 valence electrons. The first-order valence-electron chi connectivity index (χ1n) is 5.88. The highest BCUT2D eigenvalue weighted by Gasteiger charge is 2.26. The number of hydrogen-bond acceptors (Lipinski definition) is 4. The Hall–Kier alpha value is -2.11. The van der Waals surface area contributed by atoms with Crippen LogP contribution in [-0.2, 0) is 0 Å². The zero-order chi connectivity index (χ0) is 13.3. The van der Waals surface area contributed by atoms with Crippen molar-refractivity contribution in [1.29, 1.82) is 0 Å². The molecule has 0 aromatic heterocycles. The number of hydrogen-bond donors (Lipinski definition) is 2. The Morgan fingerprint density at radius 3 is 2.44 bits per heavy atom. The molecule has 1 aliphatic rings. The van der Waals surface area contributed by atoms with Gasteiger partial charge in [-0.1, -0.05) is 12.8 Å². The van der Waals surface area contributed by atoms with E-state index in [0.29, 0.717) is 11.3 Å². The molecule has 1 aromatic carbocycles. The Bertz CT molecular complexity index is 508. The zero-order valence-corrected chi connectivity index (χ0v) is 9.89. The fourth-order valence-electron chi connectivity index (χ4n) is 2.64. The molecule has 6 nitrogen and oxygen atoms in total. The Morgan fingerprint density at radius 1 is 1.33 bits per heavy atom. The van der Waals surface area contributed by atoms with Crippen LogP contribution in [0.5, 0.6) is 0 Å². The van der Waals surface area contributed by atoms with E-state index in [1.807, 2.05) is 0 Å². The number of nitro groups is 1. The lowest BCUT2D eigenvalue weighted by Crippen LogP contribution is -2.17. The molecule has 1 aromatic rings. The van der Waals surface area contributed by atoms with E-state index < -0.39 is 10.8 Å². The van der Waals surface area contributed by atoms with Crippen LogP contribution in [0.15, 0.2) is 12.1 Å². The van der Waals surface area contributed by atoms with Gasteiger partial charge in [-0.15, -0.1) is 0 Å². The monoisotopic (exact) mass is 249 g/mol. The van der Waals surface area contributed by atoms with E-state index in [-0.39, 0.29) is 17.2 Å². The topological polar surface area (TPSA) is 112 Å².